The van der Waals surface area contributed by atoms with Gasteiger partial charge in [-0.25, -0.2) is 0 Å². The number of nitro benzene ring substituents is 1. The minimum atomic E-state index is -1.11. The van der Waals surface area contributed by atoms with Gasteiger partial charge in [0.05, 0.1) is 11.0 Å². The van der Waals surface area contributed by atoms with Crippen molar-refractivity contribution in [1.82, 2.24) is 0 Å². The maximum absolute atomic E-state index is 11.0. The monoisotopic (exact) mass is 402 g/mol. The lowest BCUT2D eigenvalue weighted by Gasteiger charge is -2.27. The fraction of sp³-hybridized carbons (Fsp3) is 0.0870. The van der Waals surface area contributed by atoms with Gasteiger partial charge in [-0.05, 0) is 41.5 Å². The normalized spacial score (nSPS) is 20.4. The van der Waals surface area contributed by atoms with Crippen LogP contribution in [0.2, 0.25) is 5.02 Å². The summed E-state index contributed by atoms with van der Waals surface area (Å²) in [5.74, 6) is 0.588. The minimum absolute atomic E-state index is 0.0166. The van der Waals surface area contributed by atoms with E-state index < -0.39 is 16.4 Å². The standard InChI is InChI=1S/C23H15ClN2O3/c24-19-10-8-18(9-11-19)23(15-25)14-21(16-4-2-1-3-5-16)29-22(23)17-6-12-20(13-7-17)26(27)28/h1-14,22H/t22-,23+/m1/s1. The van der Waals surface area contributed by atoms with Crippen molar-refractivity contribution in [3.05, 3.63) is 117 Å². The summed E-state index contributed by atoms with van der Waals surface area (Å²) in [6.45, 7) is 0. The first-order valence-corrected chi connectivity index (χ1v) is 9.28. The first-order chi connectivity index (χ1) is 14.0. The van der Waals surface area contributed by atoms with Crippen molar-refractivity contribution in [2.24, 2.45) is 0 Å². The summed E-state index contributed by atoms with van der Waals surface area (Å²) in [7, 11) is 0. The molecule has 0 bridgehead atoms. The number of hydrogen-bond acceptors (Lipinski definition) is 4. The highest BCUT2D eigenvalue weighted by Gasteiger charge is 2.47. The molecule has 5 nitrogen and oxygen atoms in total. The van der Waals surface area contributed by atoms with Gasteiger partial charge in [0.2, 0.25) is 0 Å². The third-order valence-corrected chi connectivity index (χ3v) is 5.24. The molecule has 0 aromatic heterocycles. The predicted molar refractivity (Wildman–Crippen MR) is 110 cm³/mol. The van der Waals surface area contributed by atoms with E-state index in [1.54, 1.807) is 36.4 Å². The average Bonchev–Trinajstić information content (AvgIpc) is 3.16. The maximum atomic E-state index is 11.0. The van der Waals surface area contributed by atoms with Gasteiger partial charge >= 0.3 is 0 Å². The van der Waals surface area contributed by atoms with E-state index in [2.05, 4.69) is 6.07 Å². The lowest BCUT2D eigenvalue weighted by molar-refractivity contribution is -0.384. The Morgan fingerprint density at radius 1 is 1.00 bits per heavy atom. The zero-order valence-corrected chi connectivity index (χ0v) is 15.9. The number of ether oxygens (including phenoxy) is 1. The Labute approximate surface area is 172 Å². The molecule has 0 unspecified atom stereocenters. The lowest BCUT2D eigenvalue weighted by atomic mass is 9.75. The van der Waals surface area contributed by atoms with E-state index in [1.165, 1.54) is 12.1 Å². The van der Waals surface area contributed by atoms with Crippen molar-refractivity contribution in [2.45, 2.75) is 11.5 Å². The maximum Gasteiger partial charge on any atom is 0.269 e. The number of nitrogens with zero attached hydrogens (tertiary/aromatic N) is 2. The molecule has 0 saturated carbocycles. The molecule has 3 aromatic carbocycles. The number of non-ortho nitro benzene ring substituents is 1. The number of rotatable bonds is 4. The number of nitriles is 1. The summed E-state index contributed by atoms with van der Waals surface area (Å²) in [4.78, 5) is 10.6. The molecule has 2 atom stereocenters. The van der Waals surface area contributed by atoms with Crippen molar-refractivity contribution >= 4 is 23.0 Å². The summed E-state index contributed by atoms with van der Waals surface area (Å²) in [5.41, 5.74) is 1.14. The molecule has 1 aliphatic rings. The molecule has 4 rings (SSSR count). The predicted octanol–water partition coefficient (Wildman–Crippen LogP) is 5.82. The Morgan fingerprint density at radius 2 is 1.66 bits per heavy atom. The van der Waals surface area contributed by atoms with Gasteiger partial charge in [0.1, 0.15) is 11.2 Å². The number of halogens is 1. The molecule has 1 heterocycles. The van der Waals surface area contributed by atoms with Crippen molar-refractivity contribution in [3.8, 4) is 6.07 Å². The first-order valence-electron chi connectivity index (χ1n) is 8.90. The molecule has 0 saturated heterocycles. The Morgan fingerprint density at radius 3 is 2.24 bits per heavy atom. The smallest absolute Gasteiger partial charge is 0.269 e. The van der Waals surface area contributed by atoms with Gasteiger partial charge in [-0.1, -0.05) is 54.1 Å². The summed E-state index contributed by atoms with van der Waals surface area (Å²) < 4.78 is 6.26. The van der Waals surface area contributed by atoms with Crippen molar-refractivity contribution in [1.29, 1.82) is 5.26 Å². The molecule has 0 radical (unpaired) electrons. The highest BCUT2D eigenvalue weighted by molar-refractivity contribution is 6.30. The number of benzene rings is 3. The van der Waals surface area contributed by atoms with Crippen LogP contribution in [0.1, 0.15) is 22.8 Å². The van der Waals surface area contributed by atoms with Gasteiger partial charge in [0, 0.05) is 22.7 Å². The van der Waals surface area contributed by atoms with E-state index in [0.717, 1.165) is 11.1 Å². The molecular weight excluding hydrogens is 388 g/mol. The van der Waals surface area contributed by atoms with Crippen LogP contribution < -0.4 is 0 Å². The van der Waals surface area contributed by atoms with Crippen LogP contribution in [0.3, 0.4) is 0 Å². The van der Waals surface area contributed by atoms with Crippen LogP contribution in [-0.4, -0.2) is 4.92 Å². The Balaban J connectivity index is 1.85. The van der Waals surface area contributed by atoms with Crippen LogP contribution in [0.15, 0.2) is 84.9 Å². The van der Waals surface area contributed by atoms with Gasteiger partial charge in [0.15, 0.2) is 6.10 Å². The molecule has 6 heteroatoms. The third kappa shape index (κ3) is 3.35. The summed E-state index contributed by atoms with van der Waals surface area (Å²) >= 11 is 6.04. The van der Waals surface area contributed by atoms with Crippen molar-refractivity contribution < 1.29 is 9.66 Å². The van der Waals surface area contributed by atoms with Crippen LogP contribution in [0, 0.1) is 21.4 Å². The largest absolute Gasteiger partial charge is 0.483 e. The molecule has 0 N–H and O–H groups in total. The topological polar surface area (TPSA) is 76.2 Å². The van der Waals surface area contributed by atoms with Gasteiger partial charge < -0.3 is 4.74 Å². The zero-order valence-electron chi connectivity index (χ0n) is 15.2. The van der Waals surface area contributed by atoms with Crippen molar-refractivity contribution in [2.75, 3.05) is 0 Å². The minimum Gasteiger partial charge on any atom is -0.483 e. The second-order valence-electron chi connectivity index (χ2n) is 6.71. The SMILES string of the molecule is N#C[C@]1(c2ccc(Cl)cc2)C=C(c2ccccc2)O[C@@H]1c1ccc([N+](=O)[O-])cc1. The second kappa shape index (κ2) is 7.42. The molecule has 0 fully saturated rings. The lowest BCUT2D eigenvalue weighted by Crippen LogP contribution is -2.27. The summed E-state index contributed by atoms with van der Waals surface area (Å²) in [5, 5.41) is 21.8. The van der Waals surface area contributed by atoms with Gasteiger partial charge in [-0.2, -0.15) is 5.26 Å². The molecule has 0 amide bonds. The van der Waals surface area contributed by atoms with E-state index in [9.17, 15) is 15.4 Å². The van der Waals surface area contributed by atoms with E-state index in [1.807, 2.05) is 36.4 Å². The van der Waals surface area contributed by atoms with Crippen LogP contribution in [0.25, 0.3) is 5.76 Å². The average molecular weight is 403 g/mol. The zero-order chi connectivity index (χ0) is 20.4. The molecule has 29 heavy (non-hydrogen) atoms. The highest BCUT2D eigenvalue weighted by Crippen LogP contribution is 2.50. The first kappa shape index (κ1) is 18.7. The van der Waals surface area contributed by atoms with Gasteiger partial charge in [-0.3, -0.25) is 10.1 Å². The van der Waals surface area contributed by atoms with Gasteiger partial charge in [0.25, 0.3) is 5.69 Å². The van der Waals surface area contributed by atoms with Crippen LogP contribution >= 0.6 is 11.6 Å². The number of nitro groups is 1. The molecular formula is C23H15ClN2O3. The Bertz CT molecular complexity index is 1120. The van der Waals surface area contributed by atoms with Crippen LogP contribution in [-0.2, 0) is 10.2 Å². The third-order valence-electron chi connectivity index (χ3n) is 4.99. The molecule has 3 aromatic rings. The molecule has 0 spiro atoms. The van der Waals surface area contributed by atoms with Crippen LogP contribution in [0.4, 0.5) is 5.69 Å². The molecule has 0 aliphatic carbocycles. The van der Waals surface area contributed by atoms with E-state index in [4.69, 9.17) is 16.3 Å². The van der Waals surface area contributed by atoms with E-state index in [-0.39, 0.29) is 5.69 Å². The second-order valence-corrected chi connectivity index (χ2v) is 7.15. The van der Waals surface area contributed by atoms with Crippen molar-refractivity contribution in [3.63, 3.8) is 0 Å². The van der Waals surface area contributed by atoms with E-state index >= 15 is 0 Å². The van der Waals surface area contributed by atoms with Crippen LogP contribution in [0.5, 0.6) is 0 Å². The molecule has 1 aliphatic heterocycles. The summed E-state index contributed by atoms with van der Waals surface area (Å²) in [6, 6.07) is 25.1. The van der Waals surface area contributed by atoms with Gasteiger partial charge in [-0.15, -0.1) is 0 Å². The summed E-state index contributed by atoms with van der Waals surface area (Å²) in [6.07, 6.45) is 1.15. The Hall–Kier alpha value is -3.62. The van der Waals surface area contributed by atoms with E-state index in [0.29, 0.717) is 16.3 Å². The molecule has 142 valence electrons. The Kier molecular flexibility index (Phi) is 4.79. The fourth-order valence-electron chi connectivity index (χ4n) is 3.51. The fourth-order valence-corrected chi connectivity index (χ4v) is 3.63. The highest BCUT2D eigenvalue weighted by atomic mass is 35.5. The number of hydrogen-bond donors (Lipinski definition) is 0. The quantitative estimate of drug-likeness (QED) is 0.407.